The van der Waals surface area contributed by atoms with Gasteiger partial charge in [0.25, 0.3) is 0 Å². The summed E-state index contributed by atoms with van der Waals surface area (Å²) in [5.74, 6) is -0.593. The SMILES string of the molecule is CCOC(=O)/C(C#N)=C\C=C1/C=Cc2ccccc2N1CC. The summed E-state index contributed by atoms with van der Waals surface area (Å²) in [6.45, 7) is 4.82. The molecule has 1 aliphatic heterocycles. The van der Waals surface area contributed by atoms with Crippen LogP contribution in [0.25, 0.3) is 6.08 Å². The number of esters is 1. The molecule has 0 radical (unpaired) electrons. The molecule has 0 atom stereocenters. The maximum atomic E-state index is 11.6. The van der Waals surface area contributed by atoms with E-state index in [4.69, 9.17) is 10.00 Å². The molecule has 0 aromatic heterocycles. The van der Waals surface area contributed by atoms with E-state index in [-0.39, 0.29) is 12.2 Å². The van der Waals surface area contributed by atoms with E-state index in [0.29, 0.717) is 0 Å². The molecular formula is C18H18N2O2. The van der Waals surface area contributed by atoms with Crippen molar-refractivity contribution in [2.45, 2.75) is 13.8 Å². The highest BCUT2D eigenvalue weighted by atomic mass is 16.5. The van der Waals surface area contributed by atoms with Gasteiger partial charge in [-0.25, -0.2) is 4.79 Å². The number of fused-ring (bicyclic) bond motifs is 1. The van der Waals surface area contributed by atoms with Gasteiger partial charge in [-0.2, -0.15) is 5.26 Å². The Kier molecular flexibility index (Phi) is 5.16. The highest BCUT2D eigenvalue weighted by molar-refractivity contribution is 5.93. The molecule has 1 heterocycles. The van der Waals surface area contributed by atoms with E-state index in [1.165, 1.54) is 6.08 Å². The van der Waals surface area contributed by atoms with E-state index in [1.807, 2.05) is 30.4 Å². The lowest BCUT2D eigenvalue weighted by molar-refractivity contribution is -0.138. The fourth-order valence-corrected chi connectivity index (χ4v) is 2.31. The fourth-order valence-electron chi connectivity index (χ4n) is 2.31. The molecule has 0 fully saturated rings. The first-order chi connectivity index (χ1) is 10.7. The maximum Gasteiger partial charge on any atom is 0.348 e. The number of ether oxygens (including phenoxy) is 1. The average molecular weight is 294 g/mol. The number of para-hydroxylation sites is 1. The lowest BCUT2D eigenvalue weighted by Gasteiger charge is -2.29. The third-order valence-electron chi connectivity index (χ3n) is 3.33. The topological polar surface area (TPSA) is 53.3 Å². The normalized spacial score (nSPS) is 15.4. The van der Waals surface area contributed by atoms with Gasteiger partial charge in [0.2, 0.25) is 0 Å². The minimum atomic E-state index is -0.593. The summed E-state index contributed by atoms with van der Waals surface area (Å²) >= 11 is 0. The largest absolute Gasteiger partial charge is 0.462 e. The molecule has 0 unspecified atom stereocenters. The number of hydrogen-bond acceptors (Lipinski definition) is 4. The van der Waals surface area contributed by atoms with Crippen molar-refractivity contribution in [1.29, 1.82) is 5.26 Å². The average Bonchev–Trinajstić information content (AvgIpc) is 2.55. The van der Waals surface area contributed by atoms with E-state index in [9.17, 15) is 4.79 Å². The van der Waals surface area contributed by atoms with Gasteiger partial charge in [0.05, 0.1) is 6.61 Å². The first-order valence-corrected chi connectivity index (χ1v) is 7.25. The van der Waals surface area contributed by atoms with Gasteiger partial charge in [-0.3, -0.25) is 0 Å². The molecule has 0 aliphatic carbocycles. The van der Waals surface area contributed by atoms with Crippen LogP contribution in [-0.4, -0.2) is 19.1 Å². The van der Waals surface area contributed by atoms with Crippen LogP contribution in [0.15, 0.2) is 53.8 Å². The van der Waals surface area contributed by atoms with Crippen LogP contribution in [0.5, 0.6) is 0 Å². The van der Waals surface area contributed by atoms with Crippen LogP contribution in [-0.2, 0) is 9.53 Å². The number of rotatable bonds is 4. The first kappa shape index (κ1) is 15.6. The van der Waals surface area contributed by atoms with Crippen LogP contribution in [0.4, 0.5) is 5.69 Å². The second-order valence-electron chi connectivity index (χ2n) is 4.64. The van der Waals surface area contributed by atoms with Gasteiger partial charge in [0.15, 0.2) is 0 Å². The summed E-state index contributed by atoms with van der Waals surface area (Å²) in [5, 5.41) is 9.05. The Bertz CT molecular complexity index is 693. The van der Waals surface area contributed by atoms with Crippen LogP contribution in [0.3, 0.4) is 0 Å². The quantitative estimate of drug-likeness (QED) is 0.485. The number of allylic oxidation sites excluding steroid dienone is 3. The molecule has 4 nitrogen and oxygen atoms in total. The second kappa shape index (κ2) is 7.28. The molecule has 112 valence electrons. The number of hydrogen-bond donors (Lipinski definition) is 0. The zero-order valence-corrected chi connectivity index (χ0v) is 12.7. The Hall–Kier alpha value is -2.80. The van der Waals surface area contributed by atoms with Gasteiger partial charge in [-0.15, -0.1) is 0 Å². The lowest BCUT2D eigenvalue weighted by atomic mass is 10.1. The highest BCUT2D eigenvalue weighted by Gasteiger charge is 2.15. The fraction of sp³-hybridized carbons (Fsp3) is 0.222. The number of anilines is 1. The van der Waals surface area contributed by atoms with Crippen LogP contribution in [0.1, 0.15) is 19.4 Å². The lowest BCUT2D eigenvalue weighted by Crippen LogP contribution is -2.23. The van der Waals surface area contributed by atoms with Gasteiger partial charge >= 0.3 is 5.97 Å². The first-order valence-electron chi connectivity index (χ1n) is 7.25. The Labute approximate surface area is 130 Å². The molecule has 0 saturated carbocycles. The zero-order valence-electron chi connectivity index (χ0n) is 12.7. The summed E-state index contributed by atoms with van der Waals surface area (Å²) in [5.41, 5.74) is 3.19. The van der Waals surface area contributed by atoms with Crippen LogP contribution < -0.4 is 4.90 Å². The molecule has 22 heavy (non-hydrogen) atoms. The summed E-state index contributed by atoms with van der Waals surface area (Å²) in [6, 6.07) is 9.98. The van der Waals surface area contributed by atoms with Gasteiger partial charge in [0.1, 0.15) is 11.6 Å². The molecule has 1 aromatic carbocycles. The minimum absolute atomic E-state index is 0.00217. The minimum Gasteiger partial charge on any atom is -0.462 e. The molecule has 0 spiro atoms. The number of carbonyl (C=O) groups excluding carboxylic acids is 1. The van der Waals surface area contributed by atoms with Gasteiger partial charge in [-0.05, 0) is 43.7 Å². The monoisotopic (exact) mass is 294 g/mol. The number of likely N-dealkylation sites (N-methyl/N-ethyl adjacent to an activating group) is 1. The molecule has 0 bridgehead atoms. The van der Waals surface area contributed by atoms with Crippen molar-refractivity contribution in [1.82, 2.24) is 0 Å². The second-order valence-corrected chi connectivity index (χ2v) is 4.64. The number of nitriles is 1. The van der Waals surface area contributed by atoms with Crippen molar-refractivity contribution in [3.63, 3.8) is 0 Å². The van der Waals surface area contributed by atoms with Crippen LogP contribution in [0, 0.1) is 11.3 Å². The predicted molar refractivity (Wildman–Crippen MR) is 86.9 cm³/mol. The molecule has 0 N–H and O–H groups in total. The van der Waals surface area contributed by atoms with Crippen molar-refractivity contribution in [2.24, 2.45) is 0 Å². The van der Waals surface area contributed by atoms with Gasteiger partial charge in [-0.1, -0.05) is 24.3 Å². The van der Waals surface area contributed by atoms with Crippen LogP contribution in [0.2, 0.25) is 0 Å². The predicted octanol–water partition coefficient (Wildman–Crippen LogP) is 3.44. The molecule has 1 aliphatic rings. The molecule has 4 heteroatoms. The molecule has 1 aromatic rings. The van der Waals surface area contributed by atoms with E-state index in [2.05, 4.69) is 24.0 Å². The third-order valence-corrected chi connectivity index (χ3v) is 3.33. The number of carbonyl (C=O) groups is 1. The molecule has 0 saturated heterocycles. The van der Waals surface area contributed by atoms with Crippen molar-refractivity contribution < 1.29 is 9.53 Å². The van der Waals surface area contributed by atoms with Crippen LogP contribution >= 0.6 is 0 Å². The van der Waals surface area contributed by atoms with Crippen molar-refractivity contribution in [3.8, 4) is 6.07 Å². The summed E-state index contributed by atoms with van der Waals surface area (Å²) in [7, 11) is 0. The Balaban J connectivity index is 2.33. The summed E-state index contributed by atoms with van der Waals surface area (Å²) in [4.78, 5) is 13.8. The smallest absolute Gasteiger partial charge is 0.348 e. The van der Waals surface area contributed by atoms with Crippen molar-refractivity contribution in [3.05, 3.63) is 59.3 Å². The molecule has 0 amide bonds. The standard InChI is InChI=1S/C18H18N2O2/c1-3-20-16(11-9-14-7-5-6-8-17(14)20)12-10-15(13-19)18(21)22-4-2/h5-12H,3-4H2,1-2H3/b15-10-,16-12+. The van der Waals surface area contributed by atoms with E-state index in [1.54, 1.807) is 13.0 Å². The van der Waals surface area contributed by atoms with Gasteiger partial charge in [0, 0.05) is 17.9 Å². The Morgan fingerprint density at radius 1 is 1.32 bits per heavy atom. The highest BCUT2D eigenvalue weighted by Crippen LogP contribution is 2.30. The Morgan fingerprint density at radius 3 is 2.77 bits per heavy atom. The molecular weight excluding hydrogens is 276 g/mol. The number of benzene rings is 1. The third kappa shape index (κ3) is 3.26. The number of nitrogens with zero attached hydrogens (tertiary/aromatic N) is 2. The van der Waals surface area contributed by atoms with E-state index >= 15 is 0 Å². The van der Waals surface area contributed by atoms with Crippen molar-refractivity contribution in [2.75, 3.05) is 18.1 Å². The van der Waals surface area contributed by atoms with E-state index in [0.717, 1.165) is 23.5 Å². The maximum absolute atomic E-state index is 11.6. The zero-order chi connectivity index (χ0) is 15.9. The van der Waals surface area contributed by atoms with Gasteiger partial charge < -0.3 is 9.64 Å². The summed E-state index contributed by atoms with van der Waals surface area (Å²) < 4.78 is 4.85. The molecule has 2 rings (SSSR count). The van der Waals surface area contributed by atoms with E-state index < -0.39 is 5.97 Å². The Morgan fingerprint density at radius 2 is 2.09 bits per heavy atom. The van der Waals surface area contributed by atoms with Crippen molar-refractivity contribution >= 4 is 17.7 Å². The summed E-state index contributed by atoms with van der Waals surface area (Å²) in [6.07, 6.45) is 7.28.